The third-order valence-corrected chi connectivity index (χ3v) is 5.46. The number of carbonyl (C=O) groups is 1. The van der Waals surface area contributed by atoms with Crippen molar-refractivity contribution >= 4 is 27.5 Å². The molecule has 1 heterocycles. The summed E-state index contributed by atoms with van der Waals surface area (Å²) < 4.78 is 8.76. The fraction of sp³-hybridized carbons (Fsp3) is 0.333. The standard InChI is InChI=1S/C21H24N2O2S/c1-5-25-10-9-23-18-12-15(3)16(4)13-19(18)26-21(23)22-20(24)17-8-6-7-14(2)11-17/h6-8,11-13H,5,9-10H2,1-4H3. The lowest BCUT2D eigenvalue weighted by Gasteiger charge is -2.07. The molecule has 0 saturated carbocycles. The number of carbonyl (C=O) groups excluding carboxylic acids is 1. The number of thiazole rings is 1. The summed E-state index contributed by atoms with van der Waals surface area (Å²) in [7, 11) is 0. The molecule has 2 aromatic carbocycles. The van der Waals surface area contributed by atoms with Crippen LogP contribution in [0.5, 0.6) is 0 Å². The summed E-state index contributed by atoms with van der Waals surface area (Å²) in [5.41, 5.74) is 5.25. The number of ether oxygens (including phenoxy) is 1. The normalized spacial score (nSPS) is 12.1. The highest BCUT2D eigenvalue weighted by atomic mass is 32.1. The molecule has 0 N–H and O–H groups in total. The zero-order valence-corrected chi connectivity index (χ0v) is 16.5. The molecule has 1 aromatic heterocycles. The Hall–Kier alpha value is -2.24. The molecule has 5 heteroatoms. The Bertz CT molecular complexity index is 1010. The van der Waals surface area contributed by atoms with Gasteiger partial charge in [-0.15, -0.1) is 0 Å². The van der Waals surface area contributed by atoms with Crippen LogP contribution in [0.4, 0.5) is 0 Å². The molecule has 0 atom stereocenters. The van der Waals surface area contributed by atoms with Gasteiger partial charge in [-0.05, 0) is 63.1 Å². The lowest BCUT2D eigenvalue weighted by molar-refractivity contribution is 0.0996. The molecule has 3 rings (SSSR count). The fourth-order valence-electron chi connectivity index (χ4n) is 2.85. The van der Waals surface area contributed by atoms with Gasteiger partial charge in [-0.2, -0.15) is 4.99 Å². The number of aryl methyl sites for hydroxylation is 3. The van der Waals surface area contributed by atoms with E-state index in [4.69, 9.17) is 4.74 Å². The molecule has 0 bridgehead atoms. The van der Waals surface area contributed by atoms with Gasteiger partial charge < -0.3 is 9.30 Å². The Balaban J connectivity index is 2.10. The summed E-state index contributed by atoms with van der Waals surface area (Å²) in [6, 6.07) is 11.9. The van der Waals surface area contributed by atoms with E-state index in [0.717, 1.165) is 20.6 Å². The number of fused-ring (bicyclic) bond motifs is 1. The summed E-state index contributed by atoms with van der Waals surface area (Å²) in [6.07, 6.45) is 0. The van der Waals surface area contributed by atoms with Crippen molar-refractivity contribution in [3.05, 3.63) is 63.5 Å². The van der Waals surface area contributed by atoms with Crippen molar-refractivity contribution in [1.82, 2.24) is 4.57 Å². The molecule has 3 aromatic rings. The molecule has 0 fully saturated rings. The van der Waals surface area contributed by atoms with Crippen molar-refractivity contribution in [2.45, 2.75) is 34.2 Å². The number of benzene rings is 2. The topological polar surface area (TPSA) is 43.6 Å². The van der Waals surface area contributed by atoms with E-state index in [1.165, 1.54) is 11.1 Å². The van der Waals surface area contributed by atoms with Crippen molar-refractivity contribution in [3.8, 4) is 0 Å². The van der Waals surface area contributed by atoms with E-state index < -0.39 is 0 Å². The predicted octanol–water partition coefficient (Wildman–Crippen LogP) is 4.41. The van der Waals surface area contributed by atoms with Crippen molar-refractivity contribution in [1.29, 1.82) is 0 Å². The van der Waals surface area contributed by atoms with E-state index in [1.54, 1.807) is 11.3 Å². The third kappa shape index (κ3) is 3.94. The lowest BCUT2D eigenvalue weighted by Crippen LogP contribution is -2.19. The molecule has 1 amide bonds. The van der Waals surface area contributed by atoms with Crippen LogP contribution in [0.3, 0.4) is 0 Å². The second-order valence-corrected chi connectivity index (χ2v) is 7.43. The third-order valence-electron chi connectivity index (χ3n) is 4.42. The molecule has 0 aliphatic carbocycles. The van der Waals surface area contributed by atoms with Crippen LogP contribution in [0.2, 0.25) is 0 Å². The first kappa shape index (κ1) is 18.5. The molecule has 26 heavy (non-hydrogen) atoms. The smallest absolute Gasteiger partial charge is 0.279 e. The van der Waals surface area contributed by atoms with Crippen molar-refractivity contribution in [2.75, 3.05) is 13.2 Å². The van der Waals surface area contributed by atoms with Crippen molar-refractivity contribution in [2.24, 2.45) is 4.99 Å². The molecule has 136 valence electrons. The van der Waals surface area contributed by atoms with Crippen molar-refractivity contribution < 1.29 is 9.53 Å². The summed E-state index contributed by atoms with van der Waals surface area (Å²) in [5, 5.41) is 0. The van der Waals surface area contributed by atoms with Crippen LogP contribution in [0.25, 0.3) is 10.2 Å². The summed E-state index contributed by atoms with van der Waals surface area (Å²) in [6.45, 7) is 10.1. The highest BCUT2D eigenvalue weighted by Gasteiger charge is 2.11. The maximum absolute atomic E-state index is 12.7. The summed E-state index contributed by atoms with van der Waals surface area (Å²) >= 11 is 1.55. The maximum Gasteiger partial charge on any atom is 0.279 e. The van der Waals surface area contributed by atoms with E-state index in [9.17, 15) is 4.79 Å². The maximum atomic E-state index is 12.7. The van der Waals surface area contributed by atoms with E-state index >= 15 is 0 Å². The van der Waals surface area contributed by atoms with Gasteiger partial charge >= 0.3 is 0 Å². The molecule has 0 aliphatic rings. The summed E-state index contributed by atoms with van der Waals surface area (Å²) in [5.74, 6) is -0.209. The largest absolute Gasteiger partial charge is 0.380 e. The average Bonchev–Trinajstić information content (AvgIpc) is 2.92. The first-order chi connectivity index (χ1) is 12.5. The second kappa shape index (κ2) is 7.98. The Morgan fingerprint density at radius 3 is 2.65 bits per heavy atom. The van der Waals surface area contributed by atoms with Crippen LogP contribution in [0.1, 0.15) is 34.0 Å². The minimum absolute atomic E-state index is 0.209. The minimum atomic E-state index is -0.209. The van der Waals surface area contributed by atoms with Gasteiger partial charge in [-0.3, -0.25) is 4.79 Å². The van der Waals surface area contributed by atoms with Gasteiger partial charge in [0.1, 0.15) is 0 Å². The number of aromatic nitrogens is 1. The monoisotopic (exact) mass is 368 g/mol. The van der Waals surface area contributed by atoms with Crippen LogP contribution in [-0.4, -0.2) is 23.7 Å². The zero-order valence-electron chi connectivity index (χ0n) is 15.7. The van der Waals surface area contributed by atoms with Gasteiger partial charge in [-0.1, -0.05) is 29.0 Å². The first-order valence-electron chi connectivity index (χ1n) is 8.83. The zero-order chi connectivity index (χ0) is 18.7. The number of hydrogen-bond donors (Lipinski definition) is 0. The predicted molar refractivity (Wildman–Crippen MR) is 107 cm³/mol. The number of amides is 1. The lowest BCUT2D eigenvalue weighted by atomic mass is 10.1. The van der Waals surface area contributed by atoms with E-state index in [1.807, 2.05) is 38.1 Å². The molecular formula is C21H24N2O2S. The van der Waals surface area contributed by atoms with Gasteiger partial charge in [0.25, 0.3) is 5.91 Å². The Morgan fingerprint density at radius 1 is 1.15 bits per heavy atom. The quantitative estimate of drug-likeness (QED) is 0.626. The molecule has 0 aliphatic heterocycles. The molecule has 0 spiro atoms. The molecular weight excluding hydrogens is 344 g/mol. The molecule has 4 nitrogen and oxygen atoms in total. The Kier molecular flexibility index (Phi) is 5.69. The Labute approximate surface area is 157 Å². The fourth-order valence-corrected chi connectivity index (χ4v) is 3.99. The van der Waals surface area contributed by atoms with Crippen molar-refractivity contribution in [3.63, 3.8) is 0 Å². The average molecular weight is 369 g/mol. The van der Waals surface area contributed by atoms with E-state index in [0.29, 0.717) is 25.3 Å². The first-order valence-corrected chi connectivity index (χ1v) is 9.65. The van der Waals surface area contributed by atoms with Gasteiger partial charge in [0.2, 0.25) is 0 Å². The van der Waals surface area contributed by atoms with E-state index in [2.05, 4.69) is 35.5 Å². The molecule has 0 saturated heterocycles. The van der Waals surface area contributed by atoms with Crippen LogP contribution in [0, 0.1) is 20.8 Å². The molecule has 0 radical (unpaired) electrons. The summed E-state index contributed by atoms with van der Waals surface area (Å²) in [4.78, 5) is 17.8. The van der Waals surface area contributed by atoms with Gasteiger partial charge in [-0.25, -0.2) is 0 Å². The number of hydrogen-bond acceptors (Lipinski definition) is 3. The number of nitrogens with zero attached hydrogens (tertiary/aromatic N) is 2. The van der Waals surface area contributed by atoms with Gasteiger partial charge in [0.15, 0.2) is 4.80 Å². The van der Waals surface area contributed by atoms with E-state index in [-0.39, 0.29) is 5.91 Å². The highest BCUT2D eigenvalue weighted by molar-refractivity contribution is 7.16. The number of rotatable bonds is 5. The van der Waals surface area contributed by atoms with Crippen LogP contribution >= 0.6 is 11.3 Å². The Morgan fingerprint density at radius 2 is 1.92 bits per heavy atom. The second-order valence-electron chi connectivity index (χ2n) is 6.42. The minimum Gasteiger partial charge on any atom is -0.380 e. The van der Waals surface area contributed by atoms with Gasteiger partial charge in [0.05, 0.1) is 16.8 Å². The van der Waals surface area contributed by atoms with Crippen LogP contribution in [0.15, 0.2) is 41.4 Å². The van der Waals surface area contributed by atoms with Crippen LogP contribution in [-0.2, 0) is 11.3 Å². The highest BCUT2D eigenvalue weighted by Crippen LogP contribution is 2.22. The van der Waals surface area contributed by atoms with Gasteiger partial charge in [0, 0.05) is 18.7 Å². The van der Waals surface area contributed by atoms with Crippen LogP contribution < -0.4 is 4.80 Å². The molecule has 0 unspecified atom stereocenters. The SMILES string of the molecule is CCOCCn1c(=NC(=O)c2cccc(C)c2)sc2cc(C)c(C)cc21.